The predicted molar refractivity (Wildman–Crippen MR) is 77.9 cm³/mol. The molecule has 0 spiro atoms. The summed E-state index contributed by atoms with van der Waals surface area (Å²) in [6.45, 7) is 3.76. The Labute approximate surface area is 122 Å². The number of halogens is 1. The van der Waals surface area contributed by atoms with Crippen LogP contribution in [0.3, 0.4) is 0 Å². The van der Waals surface area contributed by atoms with Crippen LogP contribution in [0.4, 0.5) is 4.39 Å². The Hall–Kier alpha value is -0.160. The summed E-state index contributed by atoms with van der Waals surface area (Å²) in [6, 6.07) is 0. The van der Waals surface area contributed by atoms with Gasteiger partial charge in [-0.15, -0.1) is 0 Å². The van der Waals surface area contributed by atoms with Gasteiger partial charge in [0.1, 0.15) is 6.17 Å². The SMILES string of the molecule is CC1CC(C(F)C2CCCCC2)C(C)C(S(=O)(=O)O)C1. The molecule has 0 heterocycles. The first-order chi connectivity index (χ1) is 9.30. The van der Waals surface area contributed by atoms with Gasteiger partial charge in [0.25, 0.3) is 10.1 Å². The molecule has 0 bridgehead atoms. The molecule has 0 radical (unpaired) electrons. The summed E-state index contributed by atoms with van der Waals surface area (Å²) in [7, 11) is -4.07. The molecule has 2 fully saturated rings. The molecule has 5 atom stereocenters. The lowest BCUT2D eigenvalue weighted by Gasteiger charge is -2.41. The Morgan fingerprint density at radius 3 is 2.25 bits per heavy atom. The smallest absolute Gasteiger partial charge is 0.268 e. The van der Waals surface area contributed by atoms with Crippen LogP contribution in [-0.4, -0.2) is 24.4 Å². The molecule has 2 rings (SSSR count). The summed E-state index contributed by atoms with van der Waals surface area (Å²) in [5, 5.41) is -0.793. The third-order valence-corrected chi connectivity index (χ3v) is 6.85. The van der Waals surface area contributed by atoms with Crippen LogP contribution in [0.5, 0.6) is 0 Å². The van der Waals surface area contributed by atoms with Crippen molar-refractivity contribution in [3.63, 3.8) is 0 Å². The minimum atomic E-state index is -4.07. The van der Waals surface area contributed by atoms with Crippen molar-refractivity contribution in [1.29, 1.82) is 0 Å². The average molecular weight is 306 g/mol. The van der Waals surface area contributed by atoms with Gasteiger partial charge in [0, 0.05) is 0 Å². The van der Waals surface area contributed by atoms with Crippen LogP contribution in [0.15, 0.2) is 0 Å². The number of hydrogen-bond acceptors (Lipinski definition) is 2. The first-order valence-corrected chi connectivity index (χ1v) is 9.41. The largest absolute Gasteiger partial charge is 0.285 e. The van der Waals surface area contributed by atoms with Gasteiger partial charge in [-0.2, -0.15) is 8.42 Å². The zero-order valence-electron chi connectivity index (χ0n) is 12.5. The summed E-state index contributed by atoms with van der Waals surface area (Å²) in [5.41, 5.74) is 0. The van der Waals surface area contributed by atoms with Gasteiger partial charge in [0.2, 0.25) is 0 Å². The Morgan fingerprint density at radius 2 is 1.70 bits per heavy atom. The van der Waals surface area contributed by atoms with Crippen molar-refractivity contribution in [3.8, 4) is 0 Å². The van der Waals surface area contributed by atoms with Crippen LogP contribution in [0.2, 0.25) is 0 Å². The highest BCUT2D eigenvalue weighted by atomic mass is 32.2. The third-order valence-electron chi connectivity index (χ3n) is 5.46. The monoisotopic (exact) mass is 306 g/mol. The fourth-order valence-electron chi connectivity index (χ4n) is 4.28. The highest BCUT2D eigenvalue weighted by Crippen LogP contribution is 2.43. The van der Waals surface area contributed by atoms with Crippen molar-refractivity contribution in [2.75, 3.05) is 0 Å². The lowest BCUT2D eigenvalue weighted by molar-refractivity contribution is 0.0497. The van der Waals surface area contributed by atoms with Crippen LogP contribution >= 0.6 is 0 Å². The number of alkyl halides is 1. The van der Waals surface area contributed by atoms with E-state index in [9.17, 15) is 17.4 Å². The van der Waals surface area contributed by atoms with Gasteiger partial charge in [-0.1, -0.05) is 33.1 Å². The zero-order chi connectivity index (χ0) is 14.9. The molecule has 118 valence electrons. The van der Waals surface area contributed by atoms with E-state index in [2.05, 4.69) is 0 Å². The van der Waals surface area contributed by atoms with Crippen molar-refractivity contribution in [1.82, 2.24) is 0 Å². The highest BCUT2D eigenvalue weighted by molar-refractivity contribution is 7.86. The van der Waals surface area contributed by atoms with Crippen LogP contribution < -0.4 is 0 Å². The van der Waals surface area contributed by atoms with Gasteiger partial charge >= 0.3 is 0 Å². The Bertz CT molecular complexity index is 417. The van der Waals surface area contributed by atoms with Crippen LogP contribution in [-0.2, 0) is 10.1 Å². The standard InChI is InChI=1S/C15H27FO3S/c1-10-8-13(11(2)14(9-10)20(17,18)19)15(16)12-6-4-3-5-7-12/h10-15H,3-9H2,1-2H3,(H,17,18,19). The summed E-state index contributed by atoms with van der Waals surface area (Å²) >= 11 is 0. The van der Waals surface area contributed by atoms with E-state index in [4.69, 9.17) is 0 Å². The summed E-state index contributed by atoms with van der Waals surface area (Å²) in [5.74, 6) is -0.277. The van der Waals surface area contributed by atoms with E-state index in [-0.39, 0.29) is 23.7 Å². The van der Waals surface area contributed by atoms with E-state index >= 15 is 0 Å². The van der Waals surface area contributed by atoms with Gasteiger partial charge in [-0.25, -0.2) is 4.39 Å². The molecule has 0 aliphatic heterocycles. The summed E-state index contributed by atoms with van der Waals surface area (Å²) in [4.78, 5) is 0. The molecule has 20 heavy (non-hydrogen) atoms. The quantitative estimate of drug-likeness (QED) is 0.806. The maximum atomic E-state index is 14.9. The number of rotatable bonds is 3. The lowest BCUT2D eigenvalue weighted by Crippen LogP contribution is -2.44. The molecule has 0 aromatic heterocycles. The van der Waals surface area contributed by atoms with Crippen molar-refractivity contribution >= 4 is 10.1 Å². The van der Waals surface area contributed by atoms with Gasteiger partial charge in [-0.05, 0) is 49.4 Å². The first-order valence-electron chi connectivity index (χ1n) is 7.91. The Balaban J connectivity index is 2.12. The molecule has 2 saturated carbocycles. The second-order valence-electron chi connectivity index (χ2n) is 7.00. The van der Waals surface area contributed by atoms with Gasteiger partial charge in [0.05, 0.1) is 5.25 Å². The molecule has 5 unspecified atom stereocenters. The molecule has 0 saturated heterocycles. The molecule has 0 aromatic rings. The fourth-order valence-corrected chi connectivity index (χ4v) is 5.59. The maximum Gasteiger partial charge on any atom is 0.268 e. The minimum Gasteiger partial charge on any atom is -0.285 e. The van der Waals surface area contributed by atoms with E-state index < -0.39 is 21.5 Å². The van der Waals surface area contributed by atoms with Gasteiger partial charge < -0.3 is 0 Å². The van der Waals surface area contributed by atoms with Gasteiger partial charge in [-0.3, -0.25) is 4.55 Å². The molecule has 2 aliphatic carbocycles. The predicted octanol–water partition coefficient (Wildman–Crippen LogP) is 3.84. The first kappa shape index (κ1) is 16.2. The van der Waals surface area contributed by atoms with E-state index in [0.717, 1.165) is 32.1 Å². The van der Waals surface area contributed by atoms with E-state index in [1.807, 2.05) is 6.92 Å². The topological polar surface area (TPSA) is 54.4 Å². The van der Waals surface area contributed by atoms with Gasteiger partial charge in [0.15, 0.2) is 0 Å². The molecule has 3 nitrogen and oxygen atoms in total. The zero-order valence-corrected chi connectivity index (χ0v) is 13.3. The minimum absolute atomic E-state index is 0.0866. The van der Waals surface area contributed by atoms with Crippen molar-refractivity contribution in [2.45, 2.75) is 70.2 Å². The van der Waals surface area contributed by atoms with E-state index in [1.165, 1.54) is 6.42 Å². The van der Waals surface area contributed by atoms with Crippen LogP contribution in [0.25, 0.3) is 0 Å². The maximum absolute atomic E-state index is 14.9. The summed E-state index contributed by atoms with van der Waals surface area (Å²) < 4.78 is 47.3. The average Bonchev–Trinajstić information content (AvgIpc) is 2.40. The Morgan fingerprint density at radius 1 is 1.10 bits per heavy atom. The fraction of sp³-hybridized carbons (Fsp3) is 1.00. The van der Waals surface area contributed by atoms with Crippen molar-refractivity contribution in [2.24, 2.45) is 23.7 Å². The summed E-state index contributed by atoms with van der Waals surface area (Å²) in [6.07, 6.45) is 5.49. The second kappa shape index (κ2) is 6.30. The molecule has 5 heteroatoms. The molecule has 2 aliphatic rings. The van der Waals surface area contributed by atoms with Crippen LogP contribution in [0.1, 0.15) is 58.8 Å². The second-order valence-corrected chi connectivity index (χ2v) is 8.63. The highest BCUT2D eigenvalue weighted by Gasteiger charge is 2.45. The molecule has 0 aromatic carbocycles. The van der Waals surface area contributed by atoms with E-state index in [1.54, 1.807) is 6.92 Å². The molecule has 0 amide bonds. The number of hydrogen-bond donors (Lipinski definition) is 1. The molecule has 1 N–H and O–H groups in total. The third kappa shape index (κ3) is 3.53. The molecular weight excluding hydrogens is 279 g/mol. The van der Waals surface area contributed by atoms with Crippen molar-refractivity contribution < 1.29 is 17.4 Å². The lowest BCUT2D eigenvalue weighted by atomic mass is 9.69. The van der Waals surface area contributed by atoms with E-state index in [0.29, 0.717) is 6.42 Å². The van der Waals surface area contributed by atoms with Crippen molar-refractivity contribution in [3.05, 3.63) is 0 Å². The van der Waals surface area contributed by atoms with Crippen LogP contribution in [0, 0.1) is 23.7 Å². The normalized spacial score (nSPS) is 38.6. The Kier molecular flexibility index (Phi) is 5.11. The molecular formula is C15H27FO3S.